The molecule has 0 fully saturated rings. The molecule has 2 heterocycles. The van der Waals surface area contributed by atoms with E-state index >= 15 is 0 Å². The Morgan fingerprint density at radius 2 is 1.17 bits per heavy atom. The molecule has 0 amide bonds. The fourth-order valence-corrected chi connectivity index (χ4v) is 3.23. The van der Waals surface area contributed by atoms with Crippen LogP contribution >= 0.6 is 0 Å². The Balaban J connectivity index is 1.73. The molecule has 0 saturated heterocycles. The Kier molecular flexibility index (Phi) is 4.28. The van der Waals surface area contributed by atoms with E-state index in [1.165, 1.54) is 24.3 Å². The van der Waals surface area contributed by atoms with Crippen molar-refractivity contribution in [3.05, 3.63) is 84.3 Å². The summed E-state index contributed by atoms with van der Waals surface area (Å²) < 4.78 is 32.0. The molecule has 5 nitrogen and oxygen atoms in total. The van der Waals surface area contributed by atoms with E-state index in [0.29, 0.717) is 45.3 Å². The van der Waals surface area contributed by atoms with Crippen LogP contribution in [-0.2, 0) is 0 Å². The first-order chi connectivity index (χ1) is 14.6. The largest absolute Gasteiger partial charge is 0.339 e. The standard InChI is InChI=1S/C23H14F2N4O/c1-13-26-23(29-30-13)16-6-11-19-20(12-16)28-22(15-4-9-18(25)10-5-15)21(27-19)14-2-7-17(24)8-3-14/h2-12H,1H3. The first-order valence-electron chi connectivity index (χ1n) is 9.21. The number of aromatic nitrogens is 4. The average Bonchev–Trinajstić information content (AvgIpc) is 3.20. The maximum atomic E-state index is 13.5. The number of rotatable bonds is 3. The first kappa shape index (κ1) is 18.1. The van der Waals surface area contributed by atoms with Gasteiger partial charge in [0.15, 0.2) is 0 Å². The highest BCUT2D eigenvalue weighted by Crippen LogP contribution is 2.32. The van der Waals surface area contributed by atoms with E-state index in [-0.39, 0.29) is 11.6 Å². The fraction of sp³-hybridized carbons (Fsp3) is 0.0435. The predicted octanol–water partition coefficient (Wildman–Crippen LogP) is 5.60. The van der Waals surface area contributed by atoms with Crippen molar-refractivity contribution in [1.29, 1.82) is 0 Å². The molecule has 0 unspecified atom stereocenters. The lowest BCUT2D eigenvalue weighted by molar-refractivity contribution is 0.394. The van der Waals surface area contributed by atoms with E-state index in [4.69, 9.17) is 14.5 Å². The van der Waals surface area contributed by atoms with Crippen molar-refractivity contribution in [3.63, 3.8) is 0 Å². The Morgan fingerprint density at radius 1 is 0.633 bits per heavy atom. The predicted molar refractivity (Wildman–Crippen MR) is 108 cm³/mol. The van der Waals surface area contributed by atoms with E-state index in [9.17, 15) is 8.78 Å². The van der Waals surface area contributed by atoms with Gasteiger partial charge in [-0.1, -0.05) is 5.16 Å². The van der Waals surface area contributed by atoms with Crippen LogP contribution < -0.4 is 0 Å². The fourth-order valence-electron chi connectivity index (χ4n) is 3.23. The summed E-state index contributed by atoms with van der Waals surface area (Å²) in [4.78, 5) is 13.8. The van der Waals surface area contributed by atoms with E-state index in [1.807, 2.05) is 18.2 Å². The van der Waals surface area contributed by atoms with Crippen LogP contribution in [0.5, 0.6) is 0 Å². The van der Waals surface area contributed by atoms with Crippen LogP contribution in [0, 0.1) is 18.6 Å². The van der Waals surface area contributed by atoms with Crippen LogP contribution in [0.4, 0.5) is 8.78 Å². The topological polar surface area (TPSA) is 64.7 Å². The van der Waals surface area contributed by atoms with Gasteiger partial charge in [-0.25, -0.2) is 18.7 Å². The van der Waals surface area contributed by atoms with Gasteiger partial charge in [0.1, 0.15) is 11.6 Å². The van der Waals surface area contributed by atoms with Crippen LogP contribution in [0.15, 0.2) is 71.3 Å². The van der Waals surface area contributed by atoms with Crippen LogP contribution in [0.3, 0.4) is 0 Å². The molecule has 7 heteroatoms. The molecule has 0 bridgehead atoms. The molecule has 2 aromatic heterocycles. The molecule has 0 saturated carbocycles. The summed E-state index contributed by atoms with van der Waals surface area (Å²) in [6, 6.07) is 17.6. The van der Waals surface area contributed by atoms with Gasteiger partial charge in [-0.15, -0.1) is 0 Å². The van der Waals surface area contributed by atoms with Gasteiger partial charge >= 0.3 is 0 Å². The van der Waals surface area contributed by atoms with Crippen molar-refractivity contribution in [2.45, 2.75) is 6.92 Å². The summed E-state index contributed by atoms with van der Waals surface area (Å²) in [5.74, 6) is 0.249. The molecule has 3 aromatic carbocycles. The number of nitrogens with zero attached hydrogens (tertiary/aromatic N) is 4. The number of hydrogen-bond acceptors (Lipinski definition) is 5. The molecule has 5 aromatic rings. The number of benzene rings is 3. The zero-order chi connectivity index (χ0) is 20.7. The molecule has 146 valence electrons. The minimum Gasteiger partial charge on any atom is -0.339 e. The van der Waals surface area contributed by atoms with Gasteiger partial charge in [-0.3, -0.25) is 0 Å². The summed E-state index contributed by atoms with van der Waals surface area (Å²) in [6.45, 7) is 1.72. The Hall–Kier alpha value is -4.00. The van der Waals surface area contributed by atoms with Gasteiger partial charge in [-0.2, -0.15) is 4.98 Å². The minimum absolute atomic E-state index is 0.337. The number of hydrogen-bond donors (Lipinski definition) is 0. The summed E-state index contributed by atoms with van der Waals surface area (Å²) in [6.07, 6.45) is 0. The van der Waals surface area contributed by atoms with E-state index in [0.717, 1.165) is 5.56 Å². The molecule has 0 radical (unpaired) electrons. The zero-order valence-electron chi connectivity index (χ0n) is 15.8. The van der Waals surface area contributed by atoms with Gasteiger partial charge in [0.05, 0.1) is 22.4 Å². The van der Waals surface area contributed by atoms with Crippen molar-refractivity contribution >= 4 is 11.0 Å². The van der Waals surface area contributed by atoms with E-state index in [2.05, 4.69) is 10.1 Å². The van der Waals surface area contributed by atoms with Crippen LogP contribution in [-0.4, -0.2) is 20.1 Å². The molecule has 0 N–H and O–H groups in total. The second-order valence-corrected chi connectivity index (χ2v) is 6.78. The number of aryl methyl sites for hydroxylation is 1. The number of fused-ring (bicyclic) bond motifs is 1. The summed E-state index contributed by atoms with van der Waals surface area (Å²) in [5, 5.41) is 3.95. The molecular formula is C23H14F2N4O. The van der Waals surface area contributed by atoms with Gasteiger partial charge in [0.2, 0.25) is 11.7 Å². The van der Waals surface area contributed by atoms with Gasteiger partial charge in [-0.05, 0) is 66.7 Å². The smallest absolute Gasteiger partial charge is 0.223 e. The second-order valence-electron chi connectivity index (χ2n) is 6.78. The first-order valence-corrected chi connectivity index (χ1v) is 9.21. The van der Waals surface area contributed by atoms with E-state index < -0.39 is 0 Å². The maximum Gasteiger partial charge on any atom is 0.223 e. The van der Waals surface area contributed by atoms with Crippen LogP contribution in [0.25, 0.3) is 44.9 Å². The molecule has 0 aliphatic heterocycles. The SMILES string of the molecule is Cc1nc(-c2ccc3nc(-c4ccc(F)cc4)c(-c4ccc(F)cc4)nc3c2)no1. The quantitative estimate of drug-likeness (QED) is 0.394. The molecule has 30 heavy (non-hydrogen) atoms. The summed E-state index contributed by atoms with van der Waals surface area (Å²) in [5.41, 5.74) is 4.58. The number of halogens is 2. The lowest BCUT2D eigenvalue weighted by Crippen LogP contribution is -1.96. The third kappa shape index (κ3) is 3.30. The van der Waals surface area contributed by atoms with Crippen molar-refractivity contribution in [1.82, 2.24) is 20.1 Å². The molecular weight excluding hydrogens is 386 g/mol. The van der Waals surface area contributed by atoms with Gasteiger partial charge in [0.25, 0.3) is 0 Å². The molecule has 0 spiro atoms. The Labute approximate surface area is 170 Å². The highest BCUT2D eigenvalue weighted by atomic mass is 19.1. The van der Waals surface area contributed by atoms with Crippen molar-refractivity contribution in [2.24, 2.45) is 0 Å². The zero-order valence-corrected chi connectivity index (χ0v) is 15.8. The lowest BCUT2D eigenvalue weighted by Gasteiger charge is -2.11. The van der Waals surface area contributed by atoms with Crippen LogP contribution in [0.2, 0.25) is 0 Å². The highest BCUT2D eigenvalue weighted by molar-refractivity contribution is 5.88. The van der Waals surface area contributed by atoms with Gasteiger partial charge in [0, 0.05) is 23.6 Å². The van der Waals surface area contributed by atoms with Crippen molar-refractivity contribution in [3.8, 4) is 33.9 Å². The third-order valence-electron chi connectivity index (χ3n) is 4.69. The van der Waals surface area contributed by atoms with E-state index in [1.54, 1.807) is 31.2 Å². The minimum atomic E-state index is -0.342. The summed E-state index contributed by atoms with van der Waals surface area (Å²) >= 11 is 0. The summed E-state index contributed by atoms with van der Waals surface area (Å²) in [7, 11) is 0. The van der Waals surface area contributed by atoms with Gasteiger partial charge < -0.3 is 4.52 Å². The van der Waals surface area contributed by atoms with Crippen molar-refractivity contribution in [2.75, 3.05) is 0 Å². The normalized spacial score (nSPS) is 11.2. The highest BCUT2D eigenvalue weighted by Gasteiger charge is 2.15. The Morgan fingerprint density at radius 3 is 1.70 bits per heavy atom. The second kappa shape index (κ2) is 7.11. The third-order valence-corrected chi connectivity index (χ3v) is 4.69. The molecule has 0 aliphatic carbocycles. The van der Waals surface area contributed by atoms with Crippen molar-refractivity contribution < 1.29 is 13.3 Å². The monoisotopic (exact) mass is 400 g/mol. The van der Waals surface area contributed by atoms with Crippen LogP contribution in [0.1, 0.15) is 5.89 Å². The lowest BCUT2D eigenvalue weighted by atomic mass is 10.0. The molecule has 0 aliphatic rings. The maximum absolute atomic E-state index is 13.5. The molecule has 0 atom stereocenters. The molecule has 5 rings (SSSR count). The Bertz CT molecular complexity index is 1360. The average molecular weight is 400 g/mol.